The lowest BCUT2D eigenvalue weighted by molar-refractivity contribution is 0.0937. The zero-order valence-corrected chi connectivity index (χ0v) is 15.4. The van der Waals surface area contributed by atoms with Crippen LogP contribution in [0.1, 0.15) is 15.9 Å². The summed E-state index contributed by atoms with van der Waals surface area (Å²) in [4.78, 5) is 12.3. The van der Waals surface area contributed by atoms with E-state index in [2.05, 4.69) is 10.0 Å². The molecule has 0 aromatic heterocycles. The summed E-state index contributed by atoms with van der Waals surface area (Å²) in [5.41, 5.74) is 1.39. The first-order chi connectivity index (χ1) is 11.8. The third kappa shape index (κ3) is 5.19. The number of ether oxygens (including phenoxy) is 1. The van der Waals surface area contributed by atoms with E-state index in [0.29, 0.717) is 13.2 Å². The molecule has 2 N–H and O–H groups in total. The van der Waals surface area contributed by atoms with E-state index in [9.17, 15) is 13.2 Å². The molecule has 0 atom stereocenters. The van der Waals surface area contributed by atoms with Crippen molar-refractivity contribution in [2.45, 2.75) is 11.8 Å². The zero-order chi connectivity index (χ0) is 18.4. The number of nitrogens with one attached hydrogen (secondary N) is 2. The molecule has 2 aromatic carbocycles. The number of amides is 1. The predicted octanol–water partition coefficient (Wildman–Crippen LogP) is 2.83. The topological polar surface area (TPSA) is 84.5 Å². The van der Waals surface area contributed by atoms with Crippen LogP contribution < -0.4 is 10.0 Å². The van der Waals surface area contributed by atoms with E-state index in [1.54, 1.807) is 12.1 Å². The number of carbonyl (C=O) groups excluding carboxylic acids is 1. The summed E-state index contributed by atoms with van der Waals surface area (Å²) in [5, 5.41) is 2.87. The minimum Gasteiger partial charge on any atom is -0.383 e. The molecule has 0 radical (unpaired) electrons. The van der Waals surface area contributed by atoms with Crippen LogP contribution in [0, 0.1) is 6.92 Å². The summed E-state index contributed by atoms with van der Waals surface area (Å²) >= 11 is 6.04. The van der Waals surface area contributed by atoms with Crippen LogP contribution in [0.15, 0.2) is 47.4 Å². The first-order valence-corrected chi connectivity index (χ1v) is 9.36. The number of rotatable bonds is 7. The van der Waals surface area contributed by atoms with Crippen LogP contribution in [0.4, 0.5) is 5.69 Å². The number of hydrogen-bond donors (Lipinski definition) is 2. The molecule has 6 nitrogen and oxygen atoms in total. The second-order valence-corrected chi connectivity index (χ2v) is 7.45. The van der Waals surface area contributed by atoms with Crippen molar-refractivity contribution in [3.63, 3.8) is 0 Å². The summed E-state index contributed by atoms with van der Waals surface area (Å²) in [6, 6.07) is 10.8. The Morgan fingerprint density at radius 1 is 1.16 bits per heavy atom. The average Bonchev–Trinajstić information content (AvgIpc) is 2.57. The van der Waals surface area contributed by atoms with Crippen molar-refractivity contribution in [1.29, 1.82) is 0 Å². The van der Waals surface area contributed by atoms with E-state index in [-0.39, 0.29) is 21.2 Å². The number of benzene rings is 2. The third-order valence-corrected chi connectivity index (χ3v) is 5.11. The molecule has 0 saturated carbocycles. The maximum Gasteiger partial charge on any atom is 0.261 e. The Kier molecular flexibility index (Phi) is 6.41. The van der Waals surface area contributed by atoms with Crippen molar-refractivity contribution in [1.82, 2.24) is 5.32 Å². The van der Waals surface area contributed by atoms with Crippen LogP contribution in [0.25, 0.3) is 0 Å². The lowest BCUT2D eigenvalue weighted by atomic mass is 10.2. The Morgan fingerprint density at radius 3 is 2.48 bits per heavy atom. The van der Waals surface area contributed by atoms with E-state index < -0.39 is 15.9 Å². The second kappa shape index (κ2) is 8.33. The molecule has 0 heterocycles. The Balaban J connectivity index is 2.21. The molecule has 0 aliphatic heterocycles. The SMILES string of the molecule is COCCNC(=O)c1cc(NS(=O)(=O)c2ccc(C)cc2)ccc1Cl. The summed E-state index contributed by atoms with van der Waals surface area (Å²) in [6.07, 6.45) is 0. The van der Waals surface area contributed by atoms with Gasteiger partial charge in [-0.25, -0.2) is 8.42 Å². The highest BCUT2D eigenvalue weighted by Gasteiger charge is 2.16. The molecule has 25 heavy (non-hydrogen) atoms. The standard InChI is InChI=1S/C17H19ClN2O4S/c1-12-3-6-14(7-4-12)25(22,23)20-13-5-8-16(18)15(11-13)17(21)19-9-10-24-2/h3-8,11,20H,9-10H2,1-2H3,(H,19,21). The Morgan fingerprint density at radius 2 is 1.84 bits per heavy atom. The minimum absolute atomic E-state index is 0.138. The molecular weight excluding hydrogens is 364 g/mol. The highest BCUT2D eigenvalue weighted by atomic mass is 35.5. The molecule has 1 amide bonds. The molecule has 0 spiro atoms. The van der Waals surface area contributed by atoms with Crippen molar-refractivity contribution < 1.29 is 17.9 Å². The van der Waals surface area contributed by atoms with Crippen molar-refractivity contribution in [2.24, 2.45) is 0 Å². The fourth-order valence-corrected chi connectivity index (χ4v) is 3.31. The molecule has 0 fully saturated rings. The van der Waals surface area contributed by atoms with Crippen molar-refractivity contribution >= 4 is 33.2 Å². The van der Waals surface area contributed by atoms with Gasteiger partial charge in [0.25, 0.3) is 15.9 Å². The van der Waals surface area contributed by atoms with Crippen LogP contribution in [0.2, 0.25) is 5.02 Å². The molecule has 2 aromatic rings. The van der Waals surface area contributed by atoms with E-state index in [1.165, 1.54) is 37.4 Å². The highest BCUT2D eigenvalue weighted by molar-refractivity contribution is 7.92. The van der Waals surface area contributed by atoms with E-state index in [4.69, 9.17) is 16.3 Å². The van der Waals surface area contributed by atoms with Gasteiger partial charge < -0.3 is 10.1 Å². The van der Waals surface area contributed by atoms with Gasteiger partial charge in [0.2, 0.25) is 0 Å². The number of methoxy groups -OCH3 is 1. The molecule has 0 aliphatic carbocycles. The second-order valence-electron chi connectivity index (χ2n) is 5.36. The van der Waals surface area contributed by atoms with Crippen LogP contribution in [-0.4, -0.2) is 34.6 Å². The molecule has 0 bridgehead atoms. The molecule has 8 heteroatoms. The van der Waals surface area contributed by atoms with Crippen LogP contribution in [0.5, 0.6) is 0 Å². The molecule has 0 aliphatic rings. The van der Waals surface area contributed by atoms with Gasteiger partial charge in [0.1, 0.15) is 0 Å². The number of aryl methyl sites for hydroxylation is 1. The smallest absolute Gasteiger partial charge is 0.261 e. The first kappa shape index (κ1) is 19.2. The van der Waals surface area contributed by atoms with E-state index in [1.807, 2.05) is 6.92 Å². The molecule has 134 valence electrons. The fourth-order valence-electron chi connectivity index (χ4n) is 2.06. The van der Waals surface area contributed by atoms with Crippen molar-refractivity contribution in [3.8, 4) is 0 Å². The lowest BCUT2D eigenvalue weighted by Gasteiger charge is -2.11. The molecule has 2 rings (SSSR count). The molecular formula is C17H19ClN2O4S. The number of carbonyl (C=O) groups is 1. The van der Waals surface area contributed by atoms with Crippen LogP contribution >= 0.6 is 11.6 Å². The van der Waals surface area contributed by atoms with Crippen molar-refractivity contribution in [2.75, 3.05) is 25.0 Å². The Labute approximate surface area is 152 Å². The fraction of sp³-hybridized carbons (Fsp3) is 0.235. The number of hydrogen-bond acceptors (Lipinski definition) is 4. The first-order valence-electron chi connectivity index (χ1n) is 7.49. The number of halogens is 1. The molecule has 0 saturated heterocycles. The van der Waals surface area contributed by atoms with E-state index >= 15 is 0 Å². The van der Waals surface area contributed by atoms with Gasteiger partial charge in [-0.1, -0.05) is 29.3 Å². The average molecular weight is 383 g/mol. The minimum atomic E-state index is -3.75. The van der Waals surface area contributed by atoms with Gasteiger partial charge in [-0.15, -0.1) is 0 Å². The third-order valence-electron chi connectivity index (χ3n) is 3.39. The van der Waals surface area contributed by atoms with Gasteiger partial charge in [-0.3, -0.25) is 9.52 Å². The largest absolute Gasteiger partial charge is 0.383 e. The molecule has 0 unspecified atom stereocenters. The van der Waals surface area contributed by atoms with Gasteiger partial charge in [-0.05, 0) is 37.3 Å². The maximum atomic E-state index is 12.4. The summed E-state index contributed by atoms with van der Waals surface area (Å²) in [6.45, 7) is 2.56. The Hall–Kier alpha value is -2.09. The van der Waals surface area contributed by atoms with Gasteiger partial charge in [-0.2, -0.15) is 0 Å². The van der Waals surface area contributed by atoms with Gasteiger partial charge >= 0.3 is 0 Å². The van der Waals surface area contributed by atoms with Gasteiger partial charge in [0.15, 0.2) is 0 Å². The number of anilines is 1. The highest BCUT2D eigenvalue weighted by Crippen LogP contribution is 2.23. The van der Waals surface area contributed by atoms with Crippen molar-refractivity contribution in [3.05, 3.63) is 58.6 Å². The number of sulfonamides is 1. The monoisotopic (exact) mass is 382 g/mol. The lowest BCUT2D eigenvalue weighted by Crippen LogP contribution is -2.27. The van der Waals surface area contributed by atoms with Crippen LogP contribution in [-0.2, 0) is 14.8 Å². The normalized spacial score (nSPS) is 11.2. The maximum absolute atomic E-state index is 12.4. The predicted molar refractivity (Wildman–Crippen MR) is 97.6 cm³/mol. The Bertz CT molecular complexity index is 851. The van der Waals surface area contributed by atoms with E-state index in [0.717, 1.165) is 5.56 Å². The summed E-state index contributed by atoms with van der Waals surface area (Å²) < 4.78 is 32.2. The van der Waals surface area contributed by atoms with Gasteiger partial charge in [0, 0.05) is 19.3 Å². The summed E-state index contributed by atoms with van der Waals surface area (Å²) in [7, 11) is -2.22. The van der Waals surface area contributed by atoms with Gasteiger partial charge in [0.05, 0.1) is 22.1 Å². The quantitative estimate of drug-likeness (QED) is 0.721. The summed E-state index contributed by atoms with van der Waals surface area (Å²) in [5.74, 6) is -0.404. The zero-order valence-electron chi connectivity index (χ0n) is 13.9. The van der Waals surface area contributed by atoms with Crippen LogP contribution in [0.3, 0.4) is 0 Å².